The van der Waals surface area contributed by atoms with Gasteiger partial charge >= 0.3 is 12.0 Å². The number of hydrogen-bond acceptors (Lipinski definition) is 4. The molecule has 0 saturated heterocycles. The third-order valence-corrected chi connectivity index (χ3v) is 3.96. The molecule has 0 bridgehead atoms. The van der Waals surface area contributed by atoms with E-state index in [1.165, 1.54) is 25.3 Å². The number of carbonyl (C=O) groups excluding carboxylic acids is 3. The Morgan fingerprint density at radius 3 is 2.42 bits per heavy atom. The predicted octanol–water partition coefficient (Wildman–Crippen LogP) is 2.52. The summed E-state index contributed by atoms with van der Waals surface area (Å²) in [6.45, 7) is 0.0512. The van der Waals surface area contributed by atoms with Crippen LogP contribution in [0.3, 0.4) is 0 Å². The highest BCUT2D eigenvalue weighted by molar-refractivity contribution is 6.34. The summed E-state index contributed by atoms with van der Waals surface area (Å²) < 4.78 is 4.80. The fraction of sp³-hybridized carbons (Fsp3) is 0.167. The first-order valence-electron chi connectivity index (χ1n) is 7.69. The van der Waals surface area contributed by atoms with Gasteiger partial charge in [0.2, 0.25) is 5.91 Å². The Morgan fingerprint density at radius 2 is 1.85 bits per heavy atom. The zero-order chi connectivity index (χ0) is 19.1. The third-order valence-electron chi connectivity index (χ3n) is 3.65. The largest absolute Gasteiger partial charge is 0.468 e. The van der Waals surface area contributed by atoms with Crippen molar-refractivity contribution in [3.8, 4) is 0 Å². The number of halogens is 1. The maximum Gasteiger partial charge on any atom is 0.319 e. The van der Waals surface area contributed by atoms with E-state index in [0.717, 1.165) is 5.56 Å². The van der Waals surface area contributed by atoms with Gasteiger partial charge in [-0.1, -0.05) is 41.9 Å². The molecule has 3 amide bonds. The SMILES string of the molecule is COC(=O)C(CNC(=O)Nc1ccc(C(N)=O)c(Cl)c1)c1ccccc1. The molecule has 0 fully saturated rings. The maximum absolute atomic E-state index is 12.1. The fourth-order valence-corrected chi connectivity index (χ4v) is 2.60. The van der Waals surface area contributed by atoms with Gasteiger partial charge < -0.3 is 21.1 Å². The molecule has 26 heavy (non-hydrogen) atoms. The van der Waals surface area contributed by atoms with Gasteiger partial charge in [-0.15, -0.1) is 0 Å². The van der Waals surface area contributed by atoms with E-state index in [4.69, 9.17) is 22.1 Å². The van der Waals surface area contributed by atoms with Crippen LogP contribution in [0.5, 0.6) is 0 Å². The number of ether oxygens (including phenoxy) is 1. The molecule has 2 rings (SSSR count). The Hall–Kier alpha value is -3.06. The Morgan fingerprint density at radius 1 is 1.15 bits per heavy atom. The van der Waals surface area contributed by atoms with Crippen molar-refractivity contribution in [2.45, 2.75) is 5.92 Å². The first-order valence-corrected chi connectivity index (χ1v) is 8.07. The van der Waals surface area contributed by atoms with Crippen LogP contribution in [0, 0.1) is 0 Å². The number of hydrogen-bond donors (Lipinski definition) is 3. The number of methoxy groups -OCH3 is 1. The van der Waals surface area contributed by atoms with Gasteiger partial charge in [-0.2, -0.15) is 0 Å². The van der Waals surface area contributed by atoms with E-state index in [2.05, 4.69) is 10.6 Å². The van der Waals surface area contributed by atoms with Gasteiger partial charge in [-0.25, -0.2) is 4.79 Å². The van der Waals surface area contributed by atoms with Gasteiger partial charge in [0.05, 0.1) is 23.6 Å². The molecular weight excluding hydrogens is 358 g/mol. The van der Waals surface area contributed by atoms with Crippen molar-refractivity contribution in [1.29, 1.82) is 0 Å². The molecule has 0 aliphatic heterocycles. The third kappa shape index (κ3) is 4.97. The normalized spacial score (nSPS) is 11.3. The first kappa shape index (κ1) is 19.3. The highest BCUT2D eigenvalue weighted by Crippen LogP contribution is 2.21. The fourth-order valence-electron chi connectivity index (χ4n) is 2.33. The van der Waals surface area contributed by atoms with E-state index in [1.54, 1.807) is 24.3 Å². The van der Waals surface area contributed by atoms with Gasteiger partial charge in [0.1, 0.15) is 0 Å². The second-order valence-electron chi connectivity index (χ2n) is 5.38. The Labute approximate surface area is 155 Å². The van der Waals surface area contributed by atoms with Crippen molar-refractivity contribution in [2.24, 2.45) is 5.73 Å². The number of carbonyl (C=O) groups is 3. The van der Waals surface area contributed by atoms with Crippen LogP contribution in [0.15, 0.2) is 48.5 Å². The van der Waals surface area contributed by atoms with Crippen molar-refractivity contribution in [3.63, 3.8) is 0 Å². The van der Waals surface area contributed by atoms with Crippen molar-refractivity contribution >= 4 is 35.2 Å². The lowest BCUT2D eigenvalue weighted by Crippen LogP contribution is -2.35. The molecule has 7 nitrogen and oxygen atoms in total. The molecule has 0 spiro atoms. The lowest BCUT2D eigenvalue weighted by molar-refractivity contribution is -0.142. The molecule has 1 atom stereocenters. The number of urea groups is 1. The van der Waals surface area contributed by atoms with Crippen LogP contribution < -0.4 is 16.4 Å². The van der Waals surface area contributed by atoms with Gasteiger partial charge in [0, 0.05) is 12.2 Å². The first-order chi connectivity index (χ1) is 12.4. The summed E-state index contributed by atoms with van der Waals surface area (Å²) in [5.41, 5.74) is 6.45. The summed E-state index contributed by atoms with van der Waals surface area (Å²) in [4.78, 5) is 35.2. The molecule has 4 N–H and O–H groups in total. The van der Waals surface area contributed by atoms with Crippen LogP contribution >= 0.6 is 11.6 Å². The molecule has 0 heterocycles. The average molecular weight is 376 g/mol. The zero-order valence-corrected chi connectivity index (χ0v) is 14.7. The van der Waals surface area contributed by atoms with Crippen LogP contribution in [-0.2, 0) is 9.53 Å². The van der Waals surface area contributed by atoms with Crippen LogP contribution in [0.1, 0.15) is 21.8 Å². The van der Waals surface area contributed by atoms with Crippen molar-refractivity contribution < 1.29 is 19.1 Å². The highest BCUT2D eigenvalue weighted by atomic mass is 35.5. The minimum absolute atomic E-state index is 0.0512. The summed E-state index contributed by atoms with van der Waals surface area (Å²) in [5.74, 6) is -1.74. The Bertz CT molecular complexity index is 811. The van der Waals surface area contributed by atoms with E-state index in [0.29, 0.717) is 5.69 Å². The standard InChI is InChI=1S/C18H18ClN3O4/c1-26-17(24)14(11-5-3-2-4-6-11)10-21-18(25)22-12-7-8-13(16(20)23)15(19)9-12/h2-9,14H,10H2,1H3,(H2,20,23)(H2,21,22,25). The summed E-state index contributed by atoms with van der Waals surface area (Å²) in [7, 11) is 1.29. The van der Waals surface area contributed by atoms with Crippen LogP contribution in [0.2, 0.25) is 5.02 Å². The monoisotopic (exact) mass is 375 g/mol. The molecule has 0 saturated carbocycles. The average Bonchev–Trinajstić information content (AvgIpc) is 2.62. The van der Waals surface area contributed by atoms with Gasteiger partial charge in [0.15, 0.2) is 0 Å². The van der Waals surface area contributed by atoms with Gasteiger partial charge in [-0.3, -0.25) is 9.59 Å². The van der Waals surface area contributed by atoms with Gasteiger partial charge in [0.25, 0.3) is 0 Å². The number of benzene rings is 2. The van der Waals surface area contributed by atoms with E-state index in [9.17, 15) is 14.4 Å². The van der Waals surface area contributed by atoms with E-state index >= 15 is 0 Å². The molecule has 2 aromatic carbocycles. The number of rotatable bonds is 6. The van der Waals surface area contributed by atoms with Crippen LogP contribution in [0.4, 0.5) is 10.5 Å². The number of anilines is 1. The Kier molecular flexibility index (Phi) is 6.57. The summed E-state index contributed by atoms with van der Waals surface area (Å²) in [5, 5.41) is 5.32. The van der Waals surface area contributed by atoms with Crippen molar-refractivity contribution in [1.82, 2.24) is 5.32 Å². The number of primary amides is 1. The molecule has 136 valence electrons. The number of nitrogens with two attached hydrogens (primary N) is 1. The minimum atomic E-state index is -0.658. The van der Waals surface area contributed by atoms with E-state index < -0.39 is 23.8 Å². The molecule has 0 aliphatic carbocycles. The molecule has 0 aliphatic rings. The highest BCUT2D eigenvalue weighted by Gasteiger charge is 2.22. The lowest BCUT2D eigenvalue weighted by atomic mass is 9.99. The number of esters is 1. The topological polar surface area (TPSA) is 111 Å². The van der Waals surface area contributed by atoms with E-state index in [-0.39, 0.29) is 17.1 Å². The molecule has 2 aromatic rings. The molecule has 1 unspecified atom stereocenters. The summed E-state index contributed by atoms with van der Waals surface area (Å²) in [6.07, 6.45) is 0. The maximum atomic E-state index is 12.1. The number of amides is 3. The molecule has 0 radical (unpaired) electrons. The smallest absolute Gasteiger partial charge is 0.319 e. The van der Waals surface area contributed by atoms with Crippen LogP contribution in [-0.4, -0.2) is 31.6 Å². The summed E-state index contributed by atoms with van der Waals surface area (Å²) in [6, 6.07) is 12.8. The minimum Gasteiger partial charge on any atom is -0.468 e. The predicted molar refractivity (Wildman–Crippen MR) is 98.2 cm³/mol. The number of nitrogens with one attached hydrogen (secondary N) is 2. The van der Waals surface area contributed by atoms with Crippen molar-refractivity contribution in [3.05, 3.63) is 64.7 Å². The molecular formula is C18H18ClN3O4. The second-order valence-corrected chi connectivity index (χ2v) is 5.79. The van der Waals surface area contributed by atoms with E-state index in [1.807, 2.05) is 6.07 Å². The zero-order valence-electron chi connectivity index (χ0n) is 14.0. The molecule has 8 heteroatoms. The second kappa shape index (κ2) is 8.87. The van der Waals surface area contributed by atoms with Gasteiger partial charge in [-0.05, 0) is 23.8 Å². The van der Waals surface area contributed by atoms with Crippen molar-refractivity contribution in [2.75, 3.05) is 19.0 Å². The lowest BCUT2D eigenvalue weighted by Gasteiger charge is -2.16. The Balaban J connectivity index is 2.01. The molecule has 0 aromatic heterocycles. The van der Waals surface area contributed by atoms with Crippen LogP contribution in [0.25, 0.3) is 0 Å². The quantitative estimate of drug-likeness (QED) is 0.673. The summed E-state index contributed by atoms with van der Waals surface area (Å²) >= 11 is 5.94.